The molecule has 0 saturated carbocycles. The summed E-state index contributed by atoms with van der Waals surface area (Å²) < 4.78 is 1.47. The quantitative estimate of drug-likeness (QED) is 0.659. The maximum atomic E-state index is 12.5. The minimum Gasteiger partial charge on any atom is -0.326 e. The van der Waals surface area contributed by atoms with Crippen molar-refractivity contribution in [1.82, 2.24) is 14.8 Å². The number of aromatic nitrogens is 3. The van der Waals surface area contributed by atoms with Gasteiger partial charge in [0.25, 0.3) is 5.91 Å². The van der Waals surface area contributed by atoms with E-state index in [2.05, 4.69) is 34.6 Å². The maximum absolute atomic E-state index is 12.5. The van der Waals surface area contributed by atoms with Gasteiger partial charge in [-0.05, 0) is 47.9 Å². The highest BCUT2D eigenvalue weighted by Gasteiger charge is 2.35. The van der Waals surface area contributed by atoms with E-state index in [9.17, 15) is 9.59 Å². The first-order chi connectivity index (χ1) is 13.9. The summed E-state index contributed by atoms with van der Waals surface area (Å²) in [6.45, 7) is 4.22. The van der Waals surface area contributed by atoms with Gasteiger partial charge in [-0.15, -0.1) is 5.10 Å². The van der Waals surface area contributed by atoms with E-state index >= 15 is 0 Å². The van der Waals surface area contributed by atoms with E-state index in [1.54, 1.807) is 24.3 Å². The number of halogens is 1. The Bertz CT molecular complexity index is 1060. The van der Waals surface area contributed by atoms with E-state index in [4.69, 9.17) is 11.6 Å². The first kappa shape index (κ1) is 19.1. The van der Waals surface area contributed by atoms with Gasteiger partial charge in [0.15, 0.2) is 5.82 Å². The average Bonchev–Trinajstić information content (AvgIpc) is 3.21. The smallest absolute Gasteiger partial charge is 0.252 e. The zero-order valence-electron chi connectivity index (χ0n) is 16.0. The molecule has 7 nitrogen and oxygen atoms in total. The number of fused-ring (bicyclic) bond motifs is 1. The fraction of sp³-hybridized carbons (Fsp3) is 0.238. The number of anilines is 2. The molecule has 1 aromatic heterocycles. The zero-order chi connectivity index (χ0) is 20.5. The molecule has 2 amide bonds. The summed E-state index contributed by atoms with van der Waals surface area (Å²) in [6, 6.07) is 14.0. The van der Waals surface area contributed by atoms with Crippen LogP contribution in [0, 0.1) is 0 Å². The van der Waals surface area contributed by atoms with Crippen molar-refractivity contribution in [3.8, 4) is 11.4 Å². The molecule has 0 fully saturated rings. The van der Waals surface area contributed by atoms with Gasteiger partial charge in [-0.2, -0.15) is 4.98 Å². The number of amides is 2. The van der Waals surface area contributed by atoms with E-state index in [1.807, 2.05) is 24.3 Å². The third kappa shape index (κ3) is 4.00. The van der Waals surface area contributed by atoms with Gasteiger partial charge in [0.2, 0.25) is 11.9 Å². The molecule has 8 heteroatoms. The summed E-state index contributed by atoms with van der Waals surface area (Å²) in [6.07, 6.45) is -0.0335. The van der Waals surface area contributed by atoms with Crippen LogP contribution in [0.1, 0.15) is 37.8 Å². The van der Waals surface area contributed by atoms with Gasteiger partial charge in [-0.3, -0.25) is 14.9 Å². The largest absolute Gasteiger partial charge is 0.326 e. The first-order valence-electron chi connectivity index (χ1n) is 9.34. The molecule has 29 heavy (non-hydrogen) atoms. The predicted octanol–water partition coefficient (Wildman–Crippen LogP) is 4.24. The van der Waals surface area contributed by atoms with Crippen molar-refractivity contribution in [1.29, 1.82) is 0 Å². The minimum absolute atomic E-state index is 0.0335. The first-order valence-corrected chi connectivity index (χ1v) is 9.71. The van der Waals surface area contributed by atoms with Crippen LogP contribution in [-0.2, 0) is 9.59 Å². The van der Waals surface area contributed by atoms with Crippen molar-refractivity contribution >= 4 is 35.1 Å². The summed E-state index contributed by atoms with van der Waals surface area (Å²) in [5, 5.41) is 10.5. The summed E-state index contributed by atoms with van der Waals surface area (Å²) >= 11 is 5.92. The Balaban J connectivity index is 1.47. The van der Waals surface area contributed by atoms with E-state index < -0.39 is 6.04 Å². The Labute approximate surface area is 173 Å². The molecule has 1 atom stereocenters. The lowest BCUT2D eigenvalue weighted by Crippen LogP contribution is -2.23. The topological polar surface area (TPSA) is 88.9 Å². The molecule has 4 rings (SSSR count). The van der Waals surface area contributed by atoms with Crippen molar-refractivity contribution in [2.75, 3.05) is 10.6 Å². The SMILES string of the molecule is CC(C)c1ccc(NC(=O)CC2C(=O)Nc3nc(-c4ccc(Cl)cc4)nn32)cc1. The predicted molar refractivity (Wildman–Crippen MR) is 112 cm³/mol. The van der Waals surface area contributed by atoms with Crippen LogP contribution in [-0.4, -0.2) is 26.6 Å². The molecule has 148 valence electrons. The zero-order valence-corrected chi connectivity index (χ0v) is 16.8. The summed E-state index contributed by atoms with van der Waals surface area (Å²) in [4.78, 5) is 29.1. The van der Waals surface area contributed by atoms with E-state index in [0.717, 1.165) is 5.56 Å². The van der Waals surface area contributed by atoms with Crippen LogP contribution in [0.3, 0.4) is 0 Å². The second kappa shape index (κ2) is 7.67. The van der Waals surface area contributed by atoms with Crippen LogP contribution in [0.15, 0.2) is 48.5 Å². The summed E-state index contributed by atoms with van der Waals surface area (Å²) in [5.41, 5.74) is 2.66. The second-order valence-electron chi connectivity index (χ2n) is 7.24. The normalized spacial score (nSPS) is 15.3. The van der Waals surface area contributed by atoms with Gasteiger partial charge in [-0.25, -0.2) is 4.68 Å². The molecule has 1 aliphatic heterocycles. The number of benzene rings is 2. The number of nitrogens with one attached hydrogen (secondary N) is 2. The molecule has 0 radical (unpaired) electrons. The Hall–Kier alpha value is -3.19. The fourth-order valence-corrected chi connectivity index (χ4v) is 3.30. The van der Waals surface area contributed by atoms with Crippen molar-refractivity contribution in [2.45, 2.75) is 32.2 Å². The minimum atomic E-state index is -0.742. The molecule has 0 spiro atoms. The highest BCUT2D eigenvalue weighted by atomic mass is 35.5. The highest BCUT2D eigenvalue weighted by molar-refractivity contribution is 6.30. The van der Waals surface area contributed by atoms with Crippen LogP contribution in [0.2, 0.25) is 5.02 Å². The molecule has 1 aliphatic rings. The molecular formula is C21H20ClN5O2. The van der Waals surface area contributed by atoms with Gasteiger partial charge in [0.05, 0.1) is 6.42 Å². The van der Waals surface area contributed by atoms with Crippen LogP contribution in [0.25, 0.3) is 11.4 Å². The lowest BCUT2D eigenvalue weighted by atomic mass is 10.0. The van der Waals surface area contributed by atoms with Gasteiger partial charge >= 0.3 is 0 Å². The van der Waals surface area contributed by atoms with Crippen molar-refractivity contribution in [3.05, 3.63) is 59.1 Å². The molecule has 2 N–H and O–H groups in total. The Morgan fingerprint density at radius 3 is 2.52 bits per heavy atom. The third-order valence-corrected chi connectivity index (χ3v) is 5.06. The van der Waals surface area contributed by atoms with Gasteiger partial charge < -0.3 is 5.32 Å². The van der Waals surface area contributed by atoms with Crippen LogP contribution < -0.4 is 10.6 Å². The van der Waals surface area contributed by atoms with E-state index in [1.165, 1.54) is 10.2 Å². The second-order valence-corrected chi connectivity index (χ2v) is 7.68. The van der Waals surface area contributed by atoms with Crippen molar-refractivity contribution < 1.29 is 9.59 Å². The molecule has 1 unspecified atom stereocenters. The van der Waals surface area contributed by atoms with Crippen LogP contribution in [0.4, 0.5) is 11.6 Å². The monoisotopic (exact) mass is 409 g/mol. The number of nitrogens with zero attached hydrogens (tertiary/aromatic N) is 3. The van der Waals surface area contributed by atoms with E-state index in [0.29, 0.717) is 28.4 Å². The van der Waals surface area contributed by atoms with Crippen LogP contribution in [0.5, 0.6) is 0 Å². The number of hydrogen-bond donors (Lipinski definition) is 2. The molecule has 3 aromatic rings. The number of carbonyl (C=O) groups is 2. The number of carbonyl (C=O) groups excluding carboxylic acids is 2. The lowest BCUT2D eigenvalue weighted by Gasteiger charge is -2.11. The van der Waals surface area contributed by atoms with Gasteiger partial charge in [-0.1, -0.05) is 37.6 Å². The van der Waals surface area contributed by atoms with Crippen molar-refractivity contribution in [2.24, 2.45) is 0 Å². The molecular weight excluding hydrogens is 390 g/mol. The van der Waals surface area contributed by atoms with Crippen molar-refractivity contribution in [3.63, 3.8) is 0 Å². The Kier molecular flexibility index (Phi) is 5.07. The van der Waals surface area contributed by atoms with Gasteiger partial charge in [0.1, 0.15) is 6.04 Å². The fourth-order valence-electron chi connectivity index (χ4n) is 3.17. The average molecular weight is 410 g/mol. The molecule has 2 heterocycles. The number of hydrogen-bond acceptors (Lipinski definition) is 4. The molecule has 0 bridgehead atoms. The van der Waals surface area contributed by atoms with E-state index in [-0.39, 0.29) is 18.2 Å². The highest BCUT2D eigenvalue weighted by Crippen LogP contribution is 2.29. The molecule has 0 aliphatic carbocycles. The standard InChI is InChI=1S/C21H20ClN5O2/c1-12(2)13-5-9-16(10-6-13)23-18(28)11-17-20(29)25-21-24-19(26-27(17)21)14-3-7-15(22)8-4-14/h3-10,12,17H,11H2,1-2H3,(H,23,28)(H,24,25,26,29). The Morgan fingerprint density at radius 2 is 1.86 bits per heavy atom. The number of rotatable bonds is 5. The maximum Gasteiger partial charge on any atom is 0.252 e. The summed E-state index contributed by atoms with van der Waals surface area (Å²) in [5.74, 6) is 0.652. The molecule has 2 aromatic carbocycles. The van der Waals surface area contributed by atoms with Gasteiger partial charge in [0, 0.05) is 16.3 Å². The third-order valence-electron chi connectivity index (χ3n) is 4.81. The molecule has 0 saturated heterocycles. The lowest BCUT2D eigenvalue weighted by molar-refractivity contribution is -0.123. The summed E-state index contributed by atoms with van der Waals surface area (Å²) in [7, 11) is 0. The van der Waals surface area contributed by atoms with Crippen LogP contribution >= 0.6 is 11.6 Å². The Morgan fingerprint density at radius 1 is 1.17 bits per heavy atom.